The third kappa shape index (κ3) is 7.00. The van der Waals surface area contributed by atoms with E-state index in [9.17, 15) is 21.6 Å². The highest BCUT2D eigenvalue weighted by Crippen LogP contribution is 2.29. The van der Waals surface area contributed by atoms with Crippen LogP contribution < -0.4 is 10.6 Å². The van der Waals surface area contributed by atoms with E-state index in [1.165, 1.54) is 6.07 Å². The number of nitrogens with one attached hydrogen (secondary N) is 2. The van der Waals surface area contributed by atoms with Gasteiger partial charge in [-0.2, -0.15) is 13.2 Å². The number of nitrogens with zero attached hydrogens (tertiary/aromatic N) is 1. The summed E-state index contributed by atoms with van der Waals surface area (Å²) in [6.45, 7) is 0.647. The van der Waals surface area contributed by atoms with Crippen LogP contribution in [0.4, 0.5) is 13.2 Å². The standard InChI is InChI=1S/C15H20F3N3O2S.HI/c1-19-14(21-9-12-5-6-24(22,23)10-12)20-8-11-3-2-4-13(7-11)15(16,17)18;/h2-4,7,12H,5-6,8-10H2,1H3,(H2,19,20,21);1H. The number of hydrogen-bond acceptors (Lipinski definition) is 3. The van der Waals surface area contributed by atoms with Gasteiger partial charge in [0.1, 0.15) is 0 Å². The number of alkyl halides is 3. The third-order valence-electron chi connectivity index (χ3n) is 3.82. The normalized spacial score (nSPS) is 20.0. The Kier molecular flexibility index (Phi) is 7.97. The minimum atomic E-state index is -4.37. The average Bonchev–Trinajstić information content (AvgIpc) is 2.86. The first-order chi connectivity index (χ1) is 11.2. The molecule has 2 N–H and O–H groups in total. The molecule has 10 heteroatoms. The molecule has 0 aromatic heterocycles. The summed E-state index contributed by atoms with van der Waals surface area (Å²) in [4.78, 5) is 3.99. The highest BCUT2D eigenvalue weighted by atomic mass is 127. The first-order valence-electron chi connectivity index (χ1n) is 7.51. The Labute approximate surface area is 162 Å². The molecular formula is C15H21F3IN3O2S. The van der Waals surface area contributed by atoms with Gasteiger partial charge < -0.3 is 10.6 Å². The van der Waals surface area contributed by atoms with Gasteiger partial charge in [-0.3, -0.25) is 4.99 Å². The molecule has 5 nitrogen and oxygen atoms in total. The predicted octanol–water partition coefficient (Wildman–Crippen LogP) is 2.42. The summed E-state index contributed by atoms with van der Waals surface area (Å²) < 4.78 is 60.9. The molecule has 1 atom stereocenters. The van der Waals surface area contributed by atoms with Gasteiger partial charge >= 0.3 is 6.18 Å². The highest BCUT2D eigenvalue weighted by Gasteiger charge is 2.30. The van der Waals surface area contributed by atoms with Crippen LogP contribution in [0.25, 0.3) is 0 Å². The zero-order valence-electron chi connectivity index (χ0n) is 13.6. The van der Waals surface area contributed by atoms with Crippen LogP contribution >= 0.6 is 24.0 Å². The van der Waals surface area contributed by atoms with Crippen molar-refractivity contribution in [2.75, 3.05) is 25.1 Å². The summed E-state index contributed by atoms with van der Waals surface area (Å²) in [6, 6.07) is 5.07. The van der Waals surface area contributed by atoms with Gasteiger partial charge in [0, 0.05) is 20.1 Å². The van der Waals surface area contributed by atoms with Crippen molar-refractivity contribution in [3.63, 3.8) is 0 Å². The van der Waals surface area contributed by atoms with E-state index in [0.29, 0.717) is 24.5 Å². The Balaban J connectivity index is 0.00000312. The molecule has 1 unspecified atom stereocenters. The molecule has 1 saturated heterocycles. The van der Waals surface area contributed by atoms with E-state index in [2.05, 4.69) is 15.6 Å². The van der Waals surface area contributed by atoms with E-state index in [1.807, 2.05) is 0 Å². The molecule has 0 saturated carbocycles. The lowest BCUT2D eigenvalue weighted by atomic mass is 10.1. The van der Waals surface area contributed by atoms with Gasteiger partial charge in [-0.15, -0.1) is 24.0 Å². The second kappa shape index (κ2) is 9.06. The van der Waals surface area contributed by atoms with E-state index < -0.39 is 21.6 Å². The number of halogens is 4. The minimum absolute atomic E-state index is 0. The second-order valence-electron chi connectivity index (χ2n) is 5.77. The molecule has 25 heavy (non-hydrogen) atoms. The van der Waals surface area contributed by atoms with Crippen LogP contribution in [0.5, 0.6) is 0 Å². The van der Waals surface area contributed by atoms with Gasteiger partial charge in [0.15, 0.2) is 15.8 Å². The van der Waals surface area contributed by atoms with Gasteiger partial charge in [0.05, 0.1) is 17.1 Å². The fraction of sp³-hybridized carbons (Fsp3) is 0.533. The molecule has 1 heterocycles. The van der Waals surface area contributed by atoms with Gasteiger partial charge in [0.25, 0.3) is 0 Å². The first-order valence-corrected chi connectivity index (χ1v) is 9.33. The molecule has 1 fully saturated rings. The van der Waals surface area contributed by atoms with Crippen molar-refractivity contribution >= 4 is 39.8 Å². The monoisotopic (exact) mass is 491 g/mol. The number of aliphatic imine (C=N–C) groups is 1. The maximum atomic E-state index is 12.7. The third-order valence-corrected chi connectivity index (χ3v) is 5.66. The summed E-state index contributed by atoms with van der Waals surface area (Å²) in [5.41, 5.74) is -0.211. The van der Waals surface area contributed by atoms with Gasteiger partial charge in [-0.25, -0.2) is 8.42 Å². The van der Waals surface area contributed by atoms with Gasteiger partial charge in [0.2, 0.25) is 0 Å². The molecule has 0 radical (unpaired) electrons. The minimum Gasteiger partial charge on any atom is -0.356 e. The van der Waals surface area contributed by atoms with Crippen molar-refractivity contribution in [1.29, 1.82) is 0 Å². The smallest absolute Gasteiger partial charge is 0.356 e. The van der Waals surface area contributed by atoms with Crippen LogP contribution in [0.15, 0.2) is 29.3 Å². The Morgan fingerprint density at radius 2 is 2.04 bits per heavy atom. The van der Waals surface area contributed by atoms with Crippen LogP contribution in [0.2, 0.25) is 0 Å². The van der Waals surface area contributed by atoms with E-state index in [-0.39, 0.29) is 47.9 Å². The van der Waals surface area contributed by atoms with E-state index >= 15 is 0 Å². The molecule has 1 aromatic rings. The Morgan fingerprint density at radius 3 is 2.60 bits per heavy atom. The summed E-state index contributed by atoms with van der Waals surface area (Å²) in [5.74, 6) is 0.819. The fourth-order valence-corrected chi connectivity index (χ4v) is 4.40. The molecule has 0 spiro atoms. The van der Waals surface area contributed by atoms with Crippen molar-refractivity contribution in [1.82, 2.24) is 10.6 Å². The zero-order chi connectivity index (χ0) is 17.8. The van der Waals surface area contributed by atoms with Crippen LogP contribution in [0.1, 0.15) is 17.5 Å². The van der Waals surface area contributed by atoms with Crippen molar-refractivity contribution in [2.24, 2.45) is 10.9 Å². The average molecular weight is 491 g/mol. The molecule has 0 aliphatic carbocycles. The van der Waals surface area contributed by atoms with E-state index in [4.69, 9.17) is 0 Å². The molecule has 1 aromatic carbocycles. The molecule has 0 amide bonds. The molecule has 142 valence electrons. The number of sulfone groups is 1. The van der Waals surface area contributed by atoms with Crippen molar-refractivity contribution < 1.29 is 21.6 Å². The summed E-state index contributed by atoms with van der Waals surface area (Å²) in [6.07, 6.45) is -3.76. The second-order valence-corrected chi connectivity index (χ2v) is 8.00. The van der Waals surface area contributed by atoms with Gasteiger partial charge in [-0.05, 0) is 30.0 Å². The van der Waals surface area contributed by atoms with Crippen LogP contribution in [0.3, 0.4) is 0 Å². The lowest BCUT2D eigenvalue weighted by molar-refractivity contribution is -0.137. The summed E-state index contributed by atoms with van der Waals surface area (Å²) in [7, 11) is -1.38. The van der Waals surface area contributed by atoms with Crippen molar-refractivity contribution in [3.8, 4) is 0 Å². The van der Waals surface area contributed by atoms with Gasteiger partial charge in [-0.1, -0.05) is 12.1 Å². The van der Waals surface area contributed by atoms with Crippen molar-refractivity contribution in [3.05, 3.63) is 35.4 Å². The summed E-state index contributed by atoms with van der Waals surface area (Å²) >= 11 is 0. The van der Waals surface area contributed by atoms with E-state index in [1.54, 1.807) is 13.1 Å². The lowest BCUT2D eigenvalue weighted by Crippen LogP contribution is -2.39. The van der Waals surface area contributed by atoms with Crippen LogP contribution in [-0.4, -0.2) is 39.5 Å². The maximum absolute atomic E-state index is 12.7. The Morgan fingerprint density at radius 1 is 1.32 bits per heavy atom. The molecule has 2 rings (SSSR count). The lowest BCUT2D eigenvalue weighted by Gasteiger charge is -2.15. The molecule has 0 bridgehead atoms. The Bertz CT molecular complexity index is 708. The first kappa shape index (κ1) is 22.0. The number of rotatable bonds is 4. The molecule has 1 aliphatic heterocycles. The quantitative estimate of drug-likeness (QED) is 0.386. The van der Waals surface area contributed by atoms with E-state index in [0.717, 1.165) is 12.1 Å². The van der Waals surface area contributed by atoms with Crippen molar-refractivity contribution in [2.45, 2.75) is 19.1 Å². The summed E-state index contributed by atoms with van der Waals surface area (Å²) in [5, 5.41) is 5.95. The molecule has 1 aliphatic rings. The van der Waals surface area contributed by atoms with Crippen LogP contribution in [0, 0.1) is 5.92 Å². The number of hydrogen-bond donors (Lipinski definition) is 2. The SMILES string of the molecule is CN=C(NCc1cccc(C(F)(F)F)c1)NCC1CCS(=O)(=O)C1.I. The number of benzene rings is 1. The highest BCUT2D eigenvalue weighted by molar-refractivity contribution is 14.0. The maximum Gasteiger partial charge on any atom is 0.416 e. The predicted molar refractivity (Wildman–Crippen MR) is 102 cm³/mol. The zero-order valence-corrected chi connectivity index (χ0v) is 16.8. The fourth-order valence-electron chi connectivity index (χ4n) is 2.54. The largest absolute Gasteiger partial charge is 0.416 e. The topological polar surface area (TPSA) is 70.6 Å². The number of guanidine groups is 1. The Hall–Kier alpha value is -1.04. The van der Waals surface area contributed by atoms with Crippen LogP contribution in [-0.2, 0) is 22.6 Å². The molecular weight excluding hydrogens is 470 g/mol.